The molecule has 0 spiro atoms. The molecule has 0 aliphatic carbocycles. The van der Waals surface area contributed by atoms with Crippen LogP contribution in [0.15, 0.2) is 24.3 Å². The number of carbonyl (C=O) groups is 2. The molecule has 0 bridgehead atoms. The molecular formula is C9H9Cl3O6S. The van der Waals surface area contributed by atoms with Gasteiger partial charge in [0.25, 0.3) is 16.2 Å². The molecule has 108 valence electrons. The zero-order chi connectivity index (χ0) is 15.4. The van der Waals surface area contributed by atoms with Crippen molar-refractivity contribution in [2.45, 2.75) is 0 Å². The molecule has 0 aromatic heterocycles. The normalized spacial score (nSPS) is 8.68. The van der Waals surface area contributed by atoms with Gasteiger partial charge in [0.05, 0.1) is 10.6 Å². The van der Waals surface area contributed by atoms with Gasteiger partial charge in [0.2, 0.25) is 0 Å². The summed E-state index contributed by atoms with van der Waals surface area (Å²) in [6.07, 6.45) is 0. The number of carboxylic acid groups (broad SMARTS) is 1. The number of aliphatic carboxylic acids is 1. The number of alkyl halides is 1. The molecule has 19 heavy (non-hydrogen) atoms. The molecule has 0 saturated carbocycles. The lowest BCUT2D eigenvalue weighted by Gasteiger charge is -1.93. The smallest absolute Gasteiger partial charge is 0.318 e. The van der Waals surface area contributed by atoms with Crippen LogP contribution in [0, 0.1) is 0 Å². The van der Waals surface area contributed by atoms with Crippen LogP contribution < -0.4 is 0 Å². The van der Waals surface area contributed by atoms with Crippen LogP contribution >= 0.6 is 34.8 Å². The standard InChI is InChI=1S/C7H4Cl2O.C2H3ClO2.H2O3S/c8-6-4-2-1-3-5(6)7(9)10;3-1-2(4)5;1-4(2)3/h1-4H;1H2,(H,4,5);4H,(H,1,2,3). The van der Waals surface area contributed by atoms with E-state index in [4.69, 9.17) is 52.9 Å². The number of halogens is 3. The van der Waals surface area contributed by atoms with Crippen molar-refractivity contribution in [3.05, 3.63) is 34.9 Å². The summed E-state index contributed by atoms with van der Waals surface area (Å²) in [5.41, 5.74) is 0.353. The largest absolute Gasteiger partial charge is 0.480 e. The molecule has 0 radical (unpaired) electrons. The highest BCUT2D eigenvalue weighted by molar-refractivity contribution is 7.66. The zero-order valence-corrected chi connectivity index (χ0v) is 12.3. The van der Waals surface area contributed by atoms with Crippen LogP contribution in [0.1, 0.15) is 10.4 Å². The van der Waals surface area contributed by atoms with Gasteiger partial charge in [-0.3, -0.25) is 14.1 Å². The number of carboxylic acids is 1. The van der Waals surface area contributed by atoms with E-state index in [1.54, 1.807) is 24.3 Å². The van der Waals surface area contributed by atoms with Crippen molar-refractivity contribution in [3.63, 3.8) is 0 Å². The van der Waals surface area contributed by atoms with Crippen LogP contribution in [0.5, 0.6) is 0 Å². The third kappa shape index (κ3) is 15.1. The predicted octanol–water partition coefficient (Wildman–Crippen LogP) is 2.10. The number of thiol groups is 1. The summed E-state index contributed by atoms with van der Waals surface area (Å²) >= 11 is 15.5. The first-order chi connectivity index (χ1) is 8.72. The van der Waals surface area contributed by atoms with Gasteiger partial charge in [-0.25, -0.2) is 8.42 Å². The Morgan fingerprint density at radius 2 is 1.58 bits per heavy atom. The molecule has 0 aliphatic rings. The number of hydrogen-bond donors (Lipinski definition) is 3. The summed E-state index contributed by atoms with van der Waals surface area (Å²) in [5.74, 6) is -1.29. The first-order valence-electron chi connectivity index (χ1n) is 4.27. The van der Waals surface area contributed by atoms with Gasteiger partial charge in [0, 0.05) is 0 Å². The van der Waals surface area contributed by atoms with Crippen LogP contribution in [0.4, 0.5) is 0 Å². The van der Waals surface area contributed by atoms with Crippen LogP contribution in [0.2, 0.25) is 5.02 Å². The Morgan fingerprint density at radius 1 is 1.21 bits per heavy atom. The number of hydrogen-bond acceptors (Lipinski definition) is 4. The fourth-order valence-electron chi connectivity index (χ4n) is 0.621. The summed E-state index contributed by atoms with van der Waals surface area (Å²) in [4.78, 5) is 19.8. The van der Waals surface area contributed by atoms with Gasteiger partial charge >= 0.3 is 5.97 Å². The fourth-order valence-corrected chi connectivity index (χ4v) is 1.06. The Kier molecular flexibility index (Phi) is 13.1. The van der Waals surface area contributed by atoms with E-state index in [0.29, 0.717) is 10.6 Å². The van der Waals surface area contributed by atoms with Crippen molar-refractivity contribution < 1.29 is 27.7 Å². The Labute approximate surface area is 125 Å². The van der Waals surface area contributed by atoms with Gasteiger partial charge in [0.1, 0.15) is 5.88 Å². The third-order valence-corrected chi connectivity index (χ3v) is 1.96. The minimum absolute atomic E-state index is 0.306. The molecule has 1 rings (SSSR count). The molecule has 0 heterocycles. The first-order valence-corrected chi connectivity index (χ1v) is 6.69. The maximum Gasteiger partial charge on any atom is 0.318 e. The number of rotatable bonds is 2. The molecule has 0 amide bonds. The second-order valence-electron chi connectivity index (χ2n) is 2.52. The van der Waals surface area contributed by atoms with E-state index in [2.05, 4.69) is 0 Å². The monoisotopic (exact) mass is 350 g/mol. The highest BCUT2D eigenvalue weighted by Crippen LogP contribution is 2.16. The summed E-state index contributed by atoms with van der Waals surface area (Å²) < 4.78 is 24.2. The van der Waals surface area contributed by atoms with E-state index < -0.39 is 22.2 Å². The second kappa shape index (κ2) is 12.2. The first kappa shape index (κ1) is 20.5. The Morgan fingerprint density at radius 3 is 1.79 bits per heavy atom. The molecule has 0 fully saturated rings. The van der Waals surface area contributed by atoms with Crippen molar-refractivity contribution in [1.82, 2.24) is 0 Å². The lowest BCUT2D eigenvalue weighted by Crippen LogP contribution is -1.92. The van der Waals surface area contributed by atoms with Crippen LogP contribution in [-0.2, 0) is 15.8 Å². The van der Waals surface area contributed by atoms with Crippen molar-refractivity contribution >= 4 is 57.0 Å². The minimum Gasteiger partial charge on any atom is -0.480 e. The topological polar surface area (TPSA) is 109 Å². The molecule has 10 heteroatoms. The third-order valence-electron chi connectivity index (χ3n) is 1.20. The minimum atomic E-state index is -3.12. The van der Waals surface area contributed by atoms with Gasteiger partial charge in [-0.2, -0.15) is 0 Å². The van der Waals surface area contributed by atoms with Crippen LogP contribution in [0.3, 0.4) is 0 Å². The summed E-state index contributed by atoms with van der Waals surface area (Å²) in [6.45, 7) is 0. The Bertz CT molecular complexity index is 481. The average Bonchev–Trinajstić information content (AvgIpc) is 2.29. The molecule has 2 N–H and O–H groups in total. The SMILES string of the molecule is O=C(Cl)c1ccccc1Cl.O=C(O)CCl.O=[SH](=O)O. The van der Waals surface area contributed by atoms with E-state index in [0.717, 1.165) is 0 Å². The quantitative estimate of drug-likeness (QED) is 0.326. The Hall–Kier alpha value is -0.860. The van der Waals surface area contributed by atoms with Gasteiger partial charge in [-0.15, -0.1) is 11.6 Å². The Balaban J connectivity index is 0. The number of carbonyl (C=O) groups excluding carboxylic acids is 1. The summed E-state index contributed by atoms with van der Waals surface area (Å²) in [6, 6.07) is 6.65. The van der Waals surface area contributed by atoms with E-state index in [1.165, 1.54) is 0 Å². The van der Waals surface area contributed by atoms with Crippen LogP contribution in [0.25, 0.3) is 0 Å². The van der Waals surface area contributed by atoms with Crippen molar-refractivity contribution in [2.24, 2.45) is 0 Å². The molecule has 0 aliphatic heterocycles. The summed E-state index contributed by atoms with van der Waals surface area (Å²) in [7, 11) is -3.12. The van der Waals surface area contributed by atoms with E-state index >= 15 is 0 Å². The maximum absolute atomic E-state index is 10.5. The molecule has 0 unspecified atom stereocenters. The molecule has 0 atom stereocenters. The zero-order valence-electron chi connectivity index (χ0n) is 9.13. The summed E-state index contributed by atoms with van der Waals surface area (Å²) in [5, 5.41) is 7.46. The van der Waals surface area contributed by atoms with E-state index in [1.807, 2.05) is 0 Å². The van der Waals surface area contributed by atoms with Crippen molar-refractivity contribution in [2.75, 3.05) is 5.88 Å². The van der Waals surface area contributed by atoms with Gasteiger partial charge < -0.3 is 5.11 Å². The van der Waals surface area contributed by atoms with Gasteiger partial charge in [-0.05, 0) is 23.7 Å². The highest BCUT2D eigenvalue weighted by atomic mass is 35.5. The predicted molar refractivity (Wildman–Crippen MR) is 72.9 cm³/mol. The van der Waals surface area contributed by atoms with Crippen molar-refractivity contribution in [3.8, 4) is 0 Å². The highest BCUT2D eigenvalue weighted by Gasteiger charge is 2.03. The lowest BCUT2D eigenvalue weighted by atomic mass is 10.2. The number of benzene rings is 1. The maximum atomic E-state index is 10.5. The fraction of sp³-hybridized carbons (Fsp3) is 0.111. The van der Waals surface area contributed by atoms with Crippen molar-refractivity contribution in [1.29, 1.82) is 0 Å². The molecule has 1 aromatic carbocycles. The molecule has 6 nitrogen and oxygen atoms in total. The average molecular weight is 352 g/mol. The van der Waals surface area contributed by atoms with Gasteiger partial charge in [-0.1, -0.05) is 23.7 Å². The van der Waals surface area contributed by atoms with Crippen LogP contribution in [-0.4, -0.2) is 35.2 Å². The molecule has 1 aromatic rings. The van der Waals surface area contributed by atoms with E-state index in [-0.39, 0.29) is 5.88 Å². The molecular weight excluding hydrogens is 343 g/mol. The van der Waals surface area contributed by atoms with Gasteiger partial charge in [0.15, 0.2) is 0 Å². The second-order valence-corrected chi connectivity index (χ2v) is 4.01. The van der Waals surface area contributed by atoms with E-state index in [9.17, 15) is 9.59 Å². The lowest BCUT2D eigenvalue weighted by molar-refractivity contribution is -0.134. The molecule has 0 saturated heterocycles.